The van der Waals surface area contributed by atoms with Crippen LogP contribution in [0.5, 0.6) is 0 Å². The fourth-order valence-corrected chi connectivity index (χ4v) is 2.59. The summed E-state index contributed by atoms with van der Waals surface area (Å²) < 4.78 is 1.83. The van der Waals surface area contributed by atoms with E-state index < -0.39 is 0 Å². The number of ketones is 1. The predicted octanol–water partition coefficient (Wildman–Crippen LogP) is 2.97. The Balaban J connectivity index is 2.07. The number of nitrogens with zero attached hydrogens (tertiary/aromatic N) is 2. The van der Waals surface area contributed by atoms with Crippen LogP contribution >= 0.6 is 0 Å². The van der Waals surface area contributed by atoms with E-state index in [0.29, 0.717) is 12.3 Å². The van der Waals surface area contributed by atoms with Gasteiger partial charge in [0.2, 0.25) is 0 Å². The van der Waals surface area contributed by atoms with Gasteiger partial charge in [-0.1, -0.05) is 25.7 Å². The summed E-state index contributed by atoms with van der Waals surface area (Å²) in [6.07, 6.45) is 5.76. The molecule has 1 aromatic rings. The van der Waals surface area contributed by atoms with Crippen LogP contribution in [0.2, 0.25) is 0 Å². The highest BCUT2D eigenvalue weighted by molar-refractivity contribution is 5.94. The lowest BCUT2D eigenvalue weighted by Crippen LogP contribution is -2.12. The smallest absolute Gasteiger partial charge is 0.181 e. The van der Waals surface area contributed by atoms with Crippen molar-refractivity contribution in [3.63, 3.8) is 0 Å². The lowest BCUT2D eigenvalue weighted by Gasteiger charge is -2.08. The van der Waals surface area contributed by atoms with Gasteiger partial charge < -0.3 is 0 Å². The average Bonchev–Trinajstić information content (AvgIpc) is 2.86. The Morgan fingerprint density at radius 1 is 1.50 bits per heavy atom. The van der Waals surface area contributed by atoms with Crippen LogP contribution in [0, 0.1) is 12.8 Å². The van der Waals surface area contributed by atoms with Gasteiger partial charge in [0.1, 0.15) is 5.69 Å². The second-order valence-electron chi connectivity index (χ2n) is 4.76. The summed E-state index contributed by atoms with van der Waals surface area (Å²) >= 11 is 0. The van der Waals surface area contributed by atoms with Crippen LogP contribution in [0.25, 0.3) is 0 Å². The molecule has 0 atom stereocenters. The summed E-state index contributed by atoms with van der Waals surface area (Å²) in [6.45, 7) is 4.75. The zero-order valence-corrected chi connectivity index (χ0v) is 10.2. The number of aromatic nitrogens is 2. The maximum Gasteiger partial charge on any atom is 0.181 e. The number of rotatable bonds is 4. The summed E-state index contributed by atoms with van der Waals surface area (Å²) in [4.78, 5) is 12.1. The molecule has 1 heterocycles. The highest BCUT2D eigenvalue weighted by atomic mass is 16.1. The van der Waals surface area contributed by atoms with Crippen LogP contribution in [0.4, 0.5) is 0 Å². The van der Waals surface area contributed by atoms with Crippen molar-refractivity contribution in [1.82, 2.24) is 9.78 Å². The molecule has 1 aliphatic carbocycles. The summed E-state index contributed by atoms with van der Waals surface area (Å²) in [5.74, 6) is 0.891. The number of carbonyl (C=O) groups is 1. The lowest BCUT2D eigenvalue weighted by atomic mass is 9.99. The zero-order chi connectivity index (χ0) is 11.5. The number of aryl methyl sites for hydroxylation is 2. The number of carbonyl (C=O) groups excluding carboxylic acids is 1. The molecule has 1 aliphatic rings. The Morgan fingerprint density at radius 2 is 2.19 bits per heavy atom. The van der Waals surface area contributed by atoms with E-state index in [1.54, 1.807) is 0 Å². The van der Waals surface area contributed by atoms with Crippen molar-refractivity contribution >= 4 is 5.78 Å². The van der Waals surface area contributed by atoms with Crippen molar-refractivity contribution in [3.8, 4) is 0 Å². The molecule has 0 aromatic carbocycles. The highest BCUT2D eigenvalue weighted by Crippen LogP contribution is 2.28. The van der Waals surface area contributed by atoms with Crippen molar-refractivity contribution in [1.29, 1.82) is 0 Å². The molecule has 16 heavy (non-hydrogen) atoms. The minimum absolute atomic E-state index is 0.273. The third-order valence-corrected chi connectivity index (χ3v) is 3.44. The average molecular weight is 220 g/mol. The topological polar surface area (TPSA) is 34.9 Å². The van der Waals surface area contributed by atoms with Crippen LogP contribution < -0.4 is 0 Å². The Kier molecular flexibility index (Phi) is 3.42. The molecule has 1 aromatic heterocycles. The third-order valence-electron chi connectivity index (χ3n) is 3.44. The standard InChI is InChI=1S/C13H20N2O/c1-3-15-12(8-10(2)14-15)13(16)9-11-6-4-5-7-11/h8,11H,3-7,9H2,1-2H3. The molecule has 0 spiro atoms. The van der Waals surface area contributed by atoms with E-state index in [1.165, 1.54) is 25.7 Å². The molecule has 2 rings (SSSR count). The summed E-state index contributed by atoms with van der Waals surface area (Å²) in [5, 5.41) is 4.32. The van der Waals surface area contributed by atoms with Gasteiger partial charge in [-0.2, -0.15) is 5.10 Å². The van der Waals surface area contributed by atoms with E-state index in [2.05, 4.69) is 5.10 Å². The van der Waals surface area contributed by atoms with Gasteiger partial charge in [0.15, 0.2) is 5.78 Å². The maximum atomic E-state index is 12.1. The molecule has 0 aliphatic heterocycles. The van der Waals surface area contributed by atoms with Crippen molar-refractivity contribution in [3.05, 3.63) is 17.5 Å². The molecular weight excluding hydrogens is 200 g/mol. The monoisotopic (exact) mass is 220 g/mol. The Morgan fingerprint density at radius 3 is 2.81 bits per heavy atom. The molecule has 0 radical (unpaired) electrons. The highest BCUT2D eigenvalue weighted by Gasteiger charge is 2.21. The van der Waals surface area contributed by atoms with Crippen LogP contribution in [0.1, 0.15) is 55.2 Å². The first-order chi connectivity index (χ1) is 7.70. The van der Waals surface area contributed by atoms with Crippen molar-refractivity contribution < 1.29 is 4.79 Å². The van der Waals surface area contributed by atoms with Gasteiger partial charge in [0.25, 0.3) is 0 Å². The summed E-state index contributed by atoms with van der Waals surface area (Å²) in [6, 6.07) is 1.92. The maximum absolute atomic E-state index is 12.1. The SMILES string of the molecule is CCn1nc(C)cc1C(=O)CC1CCCC1. The first-order valence-electron chi connectivity index (χ1n) is 6.28. The normalized spacial score (nSPS) is 16.9. The van der Waals surface area contributed by atoms with Gasteiger partial charge in [-0.25, -0.2) is 0 Å². The van der Waals surface area contributed by atoms with Gasteiger partial charge in [-0.3, -0.25) is 9.48 Å². The molecule has 0 amide bonds. The molecule has 0 saturated heterocycles. The van der Waals surface area contributed by atoms with E-state index in [1.807, 2.05) is 24.6 Å². The summed E-state index contributed by atoms with van der Waals surface area (Å²) in [7, 11) is 0. The first kappa shape index (κ1) is 11.4. The minimum Gasteiger partial charge on any atom is -0.292 e. The predicted molar refractivity (Wildman–Crippen MR) is 63.5 cm³/mol. The Labute approximate surface area is 96.8 Å². The number of hydrogen-bond donors (Lipinski definition) is 0. The van der Waals surface area contributed by atoms with Crippen molar-refractivity contribution in [2.75, 3.05) is 0 Å². The molecule has 88 valence electrons. The molecule has 0 N–H and O–H groups in total. The second-order valence-corrected chi connectivity index (χ2v) is 4.76. The molecule has 0 unspecified atom stereocenters. The molecule has 3 heteroatoms. The minimum atomic E-state index is 0.273. The largest absolute Gasteiger partial charge is 0.292 e. The van der Waals surface area contributed by atoms with Gasteiger partial charge in [-0.05, 0) is 25.8 Å². The van der Waals surface area contributed by atoms with E-state index >= 15 is 0 Å². The fourth-order valence-electron chi connectivity index (χ4n) is 2.59. The summed E-state index contributed by atoms with van der Waals surface area (Å²) in [5.41, 5.74) is 1.74. The molecule has 1 fully saturated rings. The van der Waals surface area contributed by atoms with E-state index in [0.717, 1.165) is 17.9 Å². The Bertz CT molecular complexity index is 375. The second kappa shape index (κ2) is 4.81. The number of Topliss-reactive ketones (excluding diaryl/α,β-unsaturated/α-hetero) is 1. The van der Waals surface area contributed by atoms with Gasteiger partial charge in [0.05, 0.1) is 5.69 Å². The van der Waals surface area contributed by atoms with Crippen LogP contribution in [0.3, 0.4) is 0 Å². The van der Waals surface area contributed by atoms with Crippen LogP contribution in [-0.2, 0) is 6.54 Å². The zero-order valence-electron chi connectivity index (χ0n) is 10.2. The van der Waals surface area contributed by atoms with E-state index in [9.17, 15) is 4.79 Å². The van der Waals surface area contributed by atoms with Gasteiger partial charge in [0, 0.05) is 13.0 Å². The lowest BCUT2D eigenvalue weighted by molar-refractivity contribution is 0.0951. The van der Waals surface area contributed by atoms with E-state index in [-0.39, 0.29) is 5.78 Å². The quantitative estimate of drug-likeness (QED) is 0.731. The molecular formula is C13H20N2O. The van der Waals surface area contributed by atoms with Crippen molar-refractivity contribution in [2.24, 2.45) is 5.92 Å². The number of hydrogen-bond acceptors (Lipinski definition) is 2. The van der Waals surface area contributed by atoms with Gasteiger partial charge >= 0.3 is 0 Å². The fraction of sp³-hybridized carbons (Fsp3) is 0.692. The third kappa shape index (κ3) is 2.34. The van der Waals surface area contributed by atoms with Crippen LogP contribution in [-0.4, -0.2) is 15.6 Å². The van der Waals surface area contributed by atoms with Crippen molar-refractivity contribution in [2.45, 2.75) is 52.5 Å². The van der Waals surface area contributed by atoms with E-state index in [4.69, 9.17) is 0 Å². The van der Waals surface area contributed by atoms with Gasteiger partial charge in [-0.15, -0.1) is 0 Å². The molecule has 3 nitrogen and oxygen atoms in total. The Hall–Kier alpha value is -1.12. The first-order valence-corrected chi connectivity index (χ1v) is 6.28. The molecule has 1 saturated carbocycles. The van der Waals surface area contributed by atoms with Crippen LogP contribution in [0.15, 0.2) is 6.07 Å². The molecule has 0 bridgehead atoms.